The number of imidazole rings is 1. The Kier molecular flexibility index (Phi) is 1.81. The first-order chi connectivity index (χ1) is 5.05. The van der Waals surface area contributed by atoms with Crippen molar-refractivity contribution in [2.45, 2.75) is 19.3 Å². The highest BCUT2D eigenvalue weighted by Crippen LogP contribution is 2.18. The SMILES string of the molecule is [CH]C(C)(C(C)=O)c1ncc[nH]1. The van der Waals surface area contributed by atoms with Crippen molar-refractivity contribution >= 4 is 5.78 Å². The van der Waals surface area contributed by atoms with Crippen LogP contribution in [0.4, 0.5) is 0 Å². The van der Waals surface area contributed by atoms with Crippen molar-refractivity contribution < 1.29 is 4.79 Å². The molecule has 0 aliphatic heterocycles. The molecule has 0 saturated carbocycles. The maximum Gasteiger partial charge on any atom is 0.143 e. The second-order valence-electron chi connectivity index (χ2n) is 2.70. The molecule has 11 heavy (non-hydrogen) atoms. The molecule has 1 N–H and O–H groups in total. The number of carbonyl (C=O) groups is 1. The van der Waals surface area contributed by atoms with E-state index >= 15 is 0 Å². The Morgan fingerprint density at radius 1 is 1.82 bits per heavy atom. The molecule has 1 rings (SSSR count). The van der Waals surface area contributed by atoms with E-state index in [0.29, 0.717) is 5.82 Å². The molecule has 0 fully saturated rings. The molecule has 3 heteroatoms. The van der Waals surface area contributed by atoms with Gasteiger partial charge in [0.2, 0.25) is 0 Å². The number of ketones is 1. The third kappa shape index (κ3) is 1.31. The summed E-state index contributed by atoms with van der Waals surface area (Å²) in [6.45, 7) is 8.76. The van der Waals surface area contributed by atoms with Crippen LogP contribution in [0.5, 0.6) is 0 Å². The zero-order chi connectivity index (χ0) is 8.48. The summed E-state index contributed by atoms with van der Waals surface area (Å²) < 4.78 is 0. The Morgan fingerprint density at radius 3 is 2.82 bits per heavy atom. The predicted octanol–water partition coefficient (Wildman–Crippen LogP) is 0.967. The minimum atomic E-state index is -0.983. The predicted molar refractivity (Wildman–Crippen MR) is 40.9 cm³/mol. The van der Waals surface area contributed by atoms with Crippen LogP contribution in [0.2, 0.25) is 0 Å². The van der Waals surface area contributed by atoms with E-state index in [1.54, 1.807) is 19.3 Å². The largest absolute Gasteiger partial charge is 0.348 e. The van der Waals surface area contributed by atoms with Crippen LogP contribution >= 0.6 is 0 Å². The number of carbonyl (C=O) groups excluding carboxylic acids is 1. The van der Waals surface area contributed by atoms with E-state index in [1.807, 2.05) is 0 Å². The molecule has 1 aromatic rings. The number of H-pyrrole nitrogens is 1. The molecular weight excluding hydrogens is 140 g/mol. The van der Waals surface area contributed by atoms with Crippen molar-refractivity contribution in [3.63, 3.8) is 0 Å². The molecule has 1 atom stereocenters. The third-order valence-corrected chi connectivity index (χ3v) is 1.72. The Bertz CT molecular complexity index is 249. The van der Waals surface area contributed by atoms with Gasteiger partial charge in [-0.1, -0.05) is 0 Å². The van der Waals surface area contributed by atoms with E-state index < -0.39 is 5.41 Å². The van der Waals surface area contributed by atoms with Crippen LogP contribution in [0, 0.1) is 6.92 Å². The van der Waals surface area contributed by atoms with Gasteiger partial charge in [0.1, 0.15) is 11.6 Å². The molecule has 1 aromatic heterocycles. The Balaban J connectivity index is 3.00. The van der Waals surface area contributed by atoms with E-state index in [-0.39, 0.29) is 5.78 Å². The first-order valence-corrected chi connectivity index (χ1v) is 3.35. The lowest BCUT2D eigenvalue weighted by atomic mass is 9.88. The van der Waals surface area contributed by atoms with Crippen molar-refractivity contribution in [2.75, 3.05) is 0 Å². The minimum Gasteiger partial charge on any atom is -0.348 e. The van der Waals surface area contributed by atoms with Gasteiger partial charge in [-0.25, -0.2) is 4.98 Å². The molecule has 58 valence electrons. The molecule has 0 aromatic carbocycles. The summed E-state index contributed by atoms with van der Waals surface area (Å²) in [6, 6.07) is 0. The average Bonchev–Trinajstić information content (AvgIpc) is 2.37. The van der Waals surface area contributed by atoms with E-state index in [1.165, 1.54) is 6.92 Å². The molecule has 0 aliphatic carbocycles. The first kappa shape index (κ1) is 7.98. The zero-order valence-electron chi connectivity index (χ0n) is 6.59. The summed E-state index contributed by atoms with van der Waals surface area (Å²) in [4.78, 5) is 17.7. The van der Waals surface area contributed by atoms with Gasteiger partial charge in [0, 0.05) is 12.4 Å². The first-order valence-electron chi connectivity index (χ1n) is 3.35. The number of hydrogen-bond acceptors (Lipinski definition) is 2. The minimum absolute atomic E-state index is 0.104. The van der Waals surface area contributed by atoms with Crippen LogP contribution in [-0.2, 0) is 10.2 Å². The van der Waals surface area contributed by atoms with Crippen LogP contribution in [0.25, 0.3) is 0 Å². The van der Waals surface area contributed by atoms with Crippen molar-refractivity contribution in [1.82, 2.24) is 9.97 Å². The van der Waals surface area contributed by atoms with Gasteiger partial charge in [0.15, 0.2) is 0 Å². The maximum absolute atomic E-state index is 11.0. The van der Waals surface area contributed by atoms with Gasteiger partial charge in [-0.05, 0) is 20.8 Å². The highest BCUT2D eigenvalue weighted by molar-refractivity contribution is 5.87. The highest BCUT2D eigenvalue weighted by Gasteiger charge is 2.28. The second kappa shape index (κ2) is 2.49. The van der Waals surface area contributed by atoms with Gasteiger partial charge in [-0.15, -0.1) is 0 Å². The lowest BCUT2D eigenvalue weighted by Gasteiger charge is -2.16. The van der Waals surface area contributed by atoms with Crippen LogP contribution in [0.3, 0.4) is 0 Å². The summed E-state index contributed by atoms with van der Waals surface area (Å²) in [7, 11) is 0. The Hall–Kier alpha value is -1.12. The molecule has 2 radical (unpaired) electrons. The van der Waals surface area contributed by atoms with E-state index in [2.05, 4.69) is 9.97 Å². The molecule has 0 amide bonds. The lowest BCUT2D eigenvalue weighted by molar-refractivity contribution is -0.120. The van der Waals surface area contributed by atoms with Crippen LogP contribution < -0.4 is 0 Å². The van der Waals surface area contributed by atoms with Gasteiger partial charge in [0.25, 0.3) is 0 Å². The molecule has 0 aliphatic rings. The topological polar surface area (TPSA) is 45.8 Å². The van der Waals surface area contributed by atoms with Crippen molar-refractivity contribution in [3.8, 4) is 0 Å². The number of rotatable bonds is 2. The summed E-state index contributed by atoms with van der Waals surface area (Å²) in [5, 5.41) is 0. The lowest BCUT2D eigenvalue weighted by Crippen LogP contribution is -2.28. The van der Waals surface area contributed by atoms with E-state index in [9.17, 15) is 4.79 Å². The average molecular weight is 150 g/mol. The molecule has 0 spiro atoms. The quantitative estimate of drug-likeness (QED) is 0.682. The number of aromatic nitrogens is 2. The fourth-order valence-corrected chi connectivity index (χ4v) is 0.716. The summed E-state index contributed by atoms with van der Waals surface area (Å²) in [5.74, 6) is 0.400. The summed E-state index contributed by atoms with van der Waals surface area (Å²) in [6.07, 6.45) is 3.22. The Morgan fingerprint density at radius 2 is 2.45 bits per heavy atom. The number of aromatic amines is 1. The van der Waals surface area contributed by atoms with Gasteiger partial charge in [0.05, 0.1) is 5.41 Å². The van der Waals surface area contributed by atoms with Gasteiger partial charge in [-0.3, -0.25) is 4.79 Å². The molecule has 1 heterocycles. The molecule has 0 saturated heterocycles. The number of hydrogen-bond donors (Lipinski definition) is 1. The molecular formula is C8H10N2O. The summed E-state index contributed by atoms with van der Waals surface area (Å²) in [5.41, 5.74) is -0.983. The summed E-state index contributed by atoms with van der Waals surface area (Å²) >= 11 is 0. The van der Waals surface area contributed by atoms with Gasteiger partial charge < -0.3 is 4.98 Å². The standard InChI is InChI=1S/C8H10N2O/c1-6(11)8(2,3)7-9-4-5-10-7/h2,4-5H,1,3H3,(H,9,10). The second-order valence-corrected chi connectivity index (χ2v) is 2.70. The van der Waals surface area contributed by atoms with Crippen LogP contribution in [0.1, 0.15) is 19.7 Å². The smallest absolute Gasteiger partial charge is 0.143 e. The van der Waals surface area contributed by atoms with E-state index in [0.717, 1.165) is 0 Å². The fraction of sp³-hybridized carbons (Fsp3) is 0.375. The zero-order valence-corrected chi connectivity index (χ0v) is 6.59. The number of nitrogens with zero attached hydrogens (tertiary/aromatic N) is 1. The third-order valence-electron chi connectivity index (χ3n) is 1.72. The maximum atomic E-state index is 11.0. The molecule has 1 unspecified atom stereocenters. The Labute approximate surface area is 65.8 Å². The molecule has 0 bridgehead atoms. The number of Topliss-reactive ketones (excluding diaryl/α,β-unsaturated/α-hetero) is 1. The van der Waals surface area contributed by atoms with Crippen LogP contribution in [-0.4, -0.2) is 15.8 Å². The van der Waals surface area contributed by atoms with Crippen molar-refractivity contribution in [2.24, 2.45) is 0 Å². The highest BCUT2D eigenvalue weighted by atomic mass is 16.1. The van der Waals surface area contributed by atoms with Gasteiger partial charge in [-0.2, -0.15) is 0 Å². The number of nitrogens with one attached hydrogen (secondary N) is 1. The van der Waals surface area contributed by atoms with Gasteiger partial charge >= 0.3 is 0 Å². The monoisotopic (exact) mass is 150 g/mol. The van der Waals surface area contributed by atoms with E-state index in [4.69, 9.17) is 6.92 Å². The van der Waals surface area contributed by atoms with Crippen molar-refractivity contribution in [1.29, 1.82) is 0 Å². The molecule has 3 nitrogen and oxygen atoms in total. The van der Waals surface area contributed by atoms with Crippen LogP contribution in [0.15, 0.2) is 12.4 Å². The fourth-order valence-electron chi connectivity index (χ4n) is 0.716. The van der Waals surface area contributed by atoms with Crippen molar-refractivity contribution in [3.05, 3.63) is 25.1 Å². The normalized spacial score (nSPS) is 11.5.